The molecular weight excluding hydrogens is 228 g/mol. The van der Waals surface area contributed by atoms with Crippen molar-refractivity contribution >= 4 is 5.69 Å². The van der Waals surface area contributed by atoms with Crippen molar-refractivity contribution in [3.8, 4) is 11.5 Å². The summed E-state index contributed by atoms with van der Waals surface area (Å²) in [4.78, 5) is 0. The summed E-state index contributed by atoms with van der Waals surface area (Å²) in [6, 6.07) is 4.75. The second-order valence-corrected chi connectivity index (χ2v) is 4.68. The van der Waals surface area contributed by atoms with Crippen LogP contribution in [0.1, 0.15) is 18.4 Å². The van der Waals surface area contributed by atoms with E-state index in [4.69, 9.17) is 9.47 Å². The van der Waals surface area contributed by atoms with Crippen molar-refractivity contribution in [3.63, 3.8) is 0 Å². The zero-order chi connectivity index (χ0) is 13.0. The molecule has 0 saturated heterocycles. The highest BCUT2D eigenvalue weighted by molar-refractivity contribution is 5.60. The van der Waals surface area contributed by atoms with Crippen LogP contribution in [0.25, 0.3) is 0 Å². The van der Waals surface area contributed by atoms with Crippen LogP contribution in [0, 0.1) is 6.92 Å². The molecule has 1 aromatic carbocycles. The number of benzene rings is 1. The summed E-state index contributed by atoms with van der Waals surface area (Å²) in [5, 5.41) is 6.90. The summed E-state index contributed by atoms with van der Waals surface area (Å²) in [6.45, 7) is 3.99. The van der Waals surface area contributed by atoms with Crippen LogP contribution < -0.4 is 20.1 Å². The van der Waals surface area contributed by atoms with Gasteiger partial charge in [0.1, 0.15) is 0 Å². The predicted molar refractivity (Wildman–Crippen MR) is 73.8 cm³/mol. The Hall–Kier alpha value is -1.42. The molecule has 0 spiro atoms. The molecule has 18 heavy (non-hydrogen) atoms. The van der Waals surface area contributed by atoms with Crippen LogP contribution >= 0.6 is 0 Å². The number of nitrogens with one attached hydrogen (secondary N) is 2. The van der Waals surface area contributed by atoms with Gasteiger partial charge in [-0.15, -0.1) is 0 Å². The Morgan fingerprint density at radius 3 is 2.39 bits per heavy atom. The largest absolute Gasteiger partial charge is 0.493 e. The Morgan fingerprint density at radius 1 is 1.11 bits per heavy atom. The van der Waals surface area contributed by atoms with E-state index in [0.29, 0.717) is 0 Å². The van der Waals surface area contributed by atoms with Crippen LogP contribution in [0.4, 0.5) is 5.69 Å². The third kappa shape index (κ3) is 3.29. The minimum absolute atomic E-state index is 0.762. The third-order valence-electron chi connectivity index (χ3n) is 3.18. The molecule has 2 rings (SSSR count). The summed E-state index contributed by atoms with van der Waals surface area (Å²) >= 11 is 0. The number of methoxy groups -OCH3 is 2. The lowest BCUT2D eigenvalue weighted by Gasteiger charge is -2.14. The van der Waals surface area contributed by atoms with E-state index in [1.165, 1.54) is 18.4 Å². The maximum atomic E-state index is 5.31. The quantitative estimate of drug-likeness (QED) is 0.728. The van der Waals surface area contributed by atoms with Gasteiger partial charge < -0.3 is 20.1 Å². The lowest BCUT2D eigenvalue weighted by molar-refractivity contribution is 0.355. The number of hydrogen-bond donors (Lipinski definition) is 2. The molecule has 1 saturated carbocycles. The standard InChI is InChI=1S/C14H22N2O2/c1-10-8-13(17-2)14(18-3)9-12(10)16-7-6-15-11-4-5-11/h8-9,11,15-16H,4-7H2,1-3H3. The molecule has 2 N–H and O–H groups in total. The number of aryl methyl sites for hydroxylation is 1. The van der Waals surface area contributed by atoms with Gasteiger partial charge in [0.25, 0.3) is 0 Å². The van der Waals surface area contributed by atoms with E-state index in [2.05, 4.69) is 17.6 Å². The molecule has 0 aliphatic heterocycles. The topological polar surface area (TPSA) is 42.5 Å². The van der Waals surface area contributed by atoms with E-state index in [1.54, 1.807) is 14.2 Å². The highest BCUT2D eigenvalue weighted by Crippen LogP contribution is 2.32. The Labute approximate surface area is 109 Å². The SMILES string of the molecule is COc1cc(C)c(NCCNC2CC2)cc1OC. The molecule has 0 amide bonds. The number of hydrogen-bond acceptors (Lipinski definition) is 4. The zero-order valence-corrected chi connectivity index (χ0v) is 11.4. The van der Waals surface area contributed by atoms with E-state index >= 15 is 0 Å². The van der Waals surface area contributed by atoms with E-state index in [-0.39, 0.29) is 0 Å². The number of ether oxygens (including phenoxy) is 2. The number of anilines is 1. The highest BCUT2D eigenvalue weighted by Gasteiger charge is 2.19. The molecule has 1 aliphatic rings. The van der Waals surface area contributed by atoms with Crippen molar-refractivity contribution in [1.29, 1.82) is 0 Å². The van der Waals surface area contributed by atoms with Crippen LogP contribution in [0.15, 0.2) is 12.1 Å². The van der Waals surface area contributed by atoms with Crippen LogP contribution in [0.3, 0.4) is 0 Å². The Morgan fingerprint density at radius 2 is 1.78 bits per heavy atom. The Balaban J connectivity index is 1.93. The molecule has 0 bridgehead atoms. The maximum absolute atomic E-state index is 5.31. The molecule has 0 aromatic heterocycles. The molecule has 1 fully saturated rings. The molecule has 100 valence electrons. The molecular formula is C14H22N2O2. The minimum atomic E-state index is 0.762. The third-order valence-corrected chi connectivity index (χ3v) is 3.18. The van der Waals surface area contributed by atoms with E-state index in [9.17, 15) is 0 Å². The molecule has 0 unspecified atom stereocenters. The summed E-state index contributed by atoms with van der Waals surface area (Å²) in [6.07, 6.45) is 2.66. The van der Waals surface area contributed by atoms with Gasteiger partial charge in [0.2, 0.25) is 0 Å². The van der Waals surface area contributed by atoms with Gasteiger partial charge >= 0.3 is 0 Å². The normalized spacial score (nSPS) is 14.4. The lowest BCUT2D eigenvalue weighted by atomic mass is 10.1. The van der Waals surface area contributed by atoms with Crippen molar-refractivity contribution in [2.24, 2.45) is 0 Å². The average molecular weight is 250 g/mol. The zero-order valence-electron chi connectivity index (χ0n) is 11.4. The maximum Gasteiger partial charge on any atom is 0.162 e. The van der Waals surface area contributed by atoms with Crippen molar-refractivity contribution in [1.82, 2.24) is 5.32 Å². The van der Waals surface area contributed by atoms with Crippen molar-refractivity contribution in [2.75, 3.05) is 32.6 Å². The smallest absolute Gasteiger partial charge is 0.162 e. The average Bonchev–Trinajstić information content (AvgIpc) is 3.19. The fourth-order valence-electron chi connectivity index (χ4n) is 1.93. The first-order valence-corrected chi connectivity index (χ1v) is 6.44. The van der Waals surface area contributed by atoms with Gasteiger partial charge in [0.15, 0.2) is 11.5 Å². The molecule has 4 nitrogen and oxygen atoms in total. The monoisotopic (exact) mass is 250 g/mol. The first-order chi connectivity index (χ1) is 8.74. The summed E-state index contributed by atoms with van der Waals surface area (Å²) in [7, 11) is 3.32. The van der Waals surface area contributed by atoms with Crippen LogP contribution in [-0.4, -0.2) is 33.4 Å². The van der Waals surface area contributed by atoms with Crippen molar-refractivity contribution < 1.29 is 9.47 Å². The van der Waals surface area contributed by atoms with Gasteiger partial charge in [-0.25, -0.2) is 0 Å². The number of rotatable bonds is 7. The fourth-order valence-corrected chi connectivity index (χ4v) is 1.93. The molecule has 0 radical (unpaired) electrons. The van der Waals surface area contributed by atoms with Crippen LogP contribution in [0.2, 0.25) is 0 Å². The van der Waals surface area contributed by atoms with Crippen LogP contribution in [-0.2, 0) is 0 Å². The van der Waals surface area contributed by atoms with Crippen molar-refractivity contribution in [3.05, 3.63) is 17.7 Å². The summed E-state index contributed by atoms with van der Waals surface area (Å²) in [5.41, 5.74) is 2.27. The van der Waals surface area contributed by atoms with Gasteiger partial charge in [-0.2, -0.15) is 0 Å². The van der Waals surface area contributed by atoms with Gasteiger partial charge in [-0.1, -0.05) is 0 Å². The Kier molecular flexibility index (Phi) is 4.31. The van der Waals surface area contributed by atoms with Gasteiger partial charge in [0, 0.05) is 30.9 Å². The molecule has 1 aromatic rings. The van der Waals surface area contributed by atoms with Crippen molar-refractivity contribution in [2.45, 2.75) is 25.8 Å². The minimum Gasteiger partial charge on any atom is -0.493 e. The first kappa shape index (κ1) is 13.0. The van der Waals surface area contributed by atoms with Gasteiger partial charge in [0.05, 0.1) is 14.2 Å². The lowest BCUT2D eigenvalue weighted by Crippen LogP contribution is -2.24. The second-order valence-electron chi connectivity index (χ2n) is 4.68. The van der Waals surface area contributed by atoms with Crippen LogP contribution in [0.5, 0.6) is 11.5 Å². The fraction of sp³-hybridized carbons (Fsp3) is 0.571. The van der Waals surface area contributed by atoms with Gasteiger partial charge in [-0.05, 0) is 31.4 Å². The summed E-state index contributed by atoms with van der Waals surface area (Å²) in [5.74, 6) is 1.54. The Bertz CT molecular complexity index is 403. The molecule has 4 heteroatoms. The summed E-state index contributed by atoms with van der Waals surface area (Å²) < 4.78 is 10.6. The molecule has 1 aliphatic carbocycles. The molecule has 0 atom stereocenters. The predicted octanol–water partition coefficient (Wildman–Crippen LogP) is 2.18. The highest BCUT2D eigenvalue weighted by atomic mass is 16.5. The second kappa shape index (κ2) is 5.96. The van der Waals surface area contributed by atoms with Gasteiger partial charge in [-0.3, -0.25) is 0 Å². The van der Waals surface area contributed by atoms with E-state index in [1.807, 2.05) is 12.1 Å². The van der Waals surface area contributed by atoms with E-state index < -0.39 is 0 Å². The van der Waals surface area contributed by atoms with E-state index in [0.717, 1.165) is 36.3 Å². The first-order valence-electron chi connectivity index (χ1n) is 6.44. The molecule has 0 heterocycles.